The van der Waals surface area contributed by atoms with Crippen LogP contribution in [-0.2, 0) is 9.84 Å². The van der Waals surface area contributed by atoms with Crippen molar-refractivity contribution in [3.63, 3.8) is 0 Å². The van der Waals surface area contributed by atoms with E-state index in [9.17, 15) is 12.8 Å². The van der Waals surface area contributed by atoms with Gasteiger partial charge < -0.3 is 4.98 Å². The molecule has 3 rings (SSSR count). The minimum absolute atomic E-state index is 0.0531. The summed E-state index contributed by atoms with van der Waals surface area (Å²) in [5.74, 6) is -0.267. The van der Waals surface area contributed by atoms with Crippen molar-refractivity contribution in [2.75, 3.05) is 6.26 Å². The molecule has 0 aliphatic carbocycles. The molecule has 1 aromatic heterocycles. The molecule has 1 N–H and O–H groups in total. The molecule has 0 spiro atoms. The lowest BCUT2D eigenvalue weighted by molar-refractivity contribution is 0.596. The quantitative estimate of drug-likeness (QED) is 0.687. The number of aromatic amines is 1. The van der Waals surface area contributed by atoms with Crippen LogP contribution in [0.3, 0.4) is 0 Å². The second kappa shape index (κ2) is 6.80. The number of fused-ring (bicyclic) bond motifs is 1. The van der Waals surface area contributed by atoms with Gasteiger partial charge >= 0.3 is 0 Å². The van der Waals surface area contributed by atoms with E-state index in [0.29, 0.717) is 11.3 Å². The number of imidazole rings is 1. The molecule has 0 saturated carbocycles. The van der Waals surface area contributed by atoms with Crippen molar-refractivity contribution in [2.45, 2.75) is 18.7 Å². The van der Waals surface area contributed by atoms with E-state index < -0.39 is 15.7 Å². The van der Waals surface area contributed by atoms with Gasteiger partial charge in [-0.3, -0.25) is 0 Å². The zero-order chi connectivity index (χ0) is 17.2. The summed E-state index contributed by atoms with van der Waals surface area (Å²) in [6.45, 7) is 4.00. The molecule has 7 heteroatoms. The first-order valence-electron chi connectivity index (χ1n) is 7.00. The first-order valence-corrected chi connectivity index (χ1v) is 9.68. The van der Waals surface area contributed by atoms with Crippen molar-refractivity contribution in [1.29, 1.82) is 0 Å². The Morgan fingerprint density at radius 1 is 1.13 bits per heavy atom. The molecule has 3 aromatic rings. The Balaban J connectivity index is 0.000000924. The van der Waals surface area contributed by atoms with Crippen LogP contribution in [0.2, 0.25) is 0 Å². The van der Waals surface area contributed by atoms with Crippen LogP contribution in [0.15, 0.2) is 45.8 Å². The van der Waals surface area contributed by atoms with Crippen LogP contribution >= 0.6 is 15.9 Å². The highest BCUT2D eigenvalue weighted by Crippen LogP contribution is 2.26. The normalized spacial score (nSPS) is 11.2. The van der Waals surface area contributed by atoms with Crippen molar-refractivity contribution >= 4 is 36.8 Å². The molecule has 0 aliphatic rings. The molecule has 0 unspecified atom stereocenters. The fraction of sp³-hybridized carbons (Fsp3) is 0.188. The fourth-order valence-corrected chi connectivity index (χ4v) is 3.02. The predicted molar refractivity (Wildman–Crippen MR) is 93.6 cm³/mol. The summed E-state index contributed by atoms with van der Waals surface area (Å²) in [7, 11) is -3.43. The fourth-order valence-electron chi connectivity index (χ4n) is 2.03. The Bertz CT molecular complexity index is 952. The van der Waals surface area contributed by atoms with E-state index in [4.69, 9.17) is 0 Å². The third-order valence-corrected chi connectivity index (χ3v) is 4.67. The second-order valence-corrected chi connectivity index (χ2v) is 7.59. The van der Waals surface area contributed by atoms with Gasteiger partial charge in [0.1, 0.15) is 11.6 Å². The Labute approximate surface area is 142 Å². The van der Waals surface area contributed by atoms with Crippen molar-refractivity contribution in [3.8, 4) is 11.4 Å². The van der Waals surface area contributed by atoms with Gasteiger partial charge in [0.15, 0.2) is 9.84 Å². The molecule has 0 aliphatic heterocycles. The molecule has 0 saturated heterocycles. The molecular formula is C16H16BrFN2O2S. The first-order chi connectivity index (χ1) is 10.8. The van der Waals surface area contributed by atoms with Crippen molar-refractivity contribution < 1.29 is 12.8 Å². The number of halogens is 2. The Morgan fingerprint density at radius 3 is 2.43 bits per heavy atom. The van der Waals surface area contributed by atoms with E-state index in [2.05, 4.69) is 25.9 Å². The summed E-state index contributed by atoms with van der Waals surface area (Å²) in [5.41, 5.74) is 1.71. The van der Waals surface area contributed by atoms with Gasteiger partial charge in [0.25, 0.3) is 0 Å². The molecule has 0 radical (unpaired) electrons. The average molecular weight is 399 g/mol. The maximum Gasteiger partial charge on any atom is 0.175 e. The van der Waals surface area contributed by atoms with Crippen LogP contribution in [0, 0.1) is 5.82 Å². The van der Waals surface area contributed by atoms with Gasteiger partial charge in [-0.25, -0.2) is 17.8 Å². The van der Waals surface area contributed by atoms with Crippen LogP contribution in [-0.4, -0.2) is 24.6 Å². The van der Waals surface area contributed by atoms with Crippen LogP contribution < -0.4 is 0 Å². The zero-order valence-corrected chi connectivity index (χ0v) is 15.3. The van der Waals surface area contributed by atoms with Gasteiger partial charge in [0.2, 0.25) is 0 Å². The SMILES string of the molecule is CC.CS(=O)(=O)c1ccc(-c2nc3ccc(Br)cc3[nH]2)c(F)c1. The number of hydrogen-bond donors (Lipinski definition) is 1. The Kier molecular flexibility index (Phi) is 5.21. The zero-order valence-electron chi connectivity index (χ0n) is 12.9. The summed E-state index contributed by atoms with van der Waals surface area (Å²) in [4.78, 5) is 7.28. The third kappa shape index (κ3) is 3.79. The summed E-state index contributed by atoms with van der Waals surface area (Å²) in [5, 5.41) is 0. The van der Waals surface area contributed by atoms with Gasteiger partial charge in [0.05, 0.1) is 21.5 Å². The van der Waals surface area contributed by atoms with Gasteiger partial charge in [-0.15, -0.1) is 0 Å². The van der Waals surface area contributed by atoms with Gasteiger partial charge in [0, 0.05) is 10.7 Å². The number of hydrogen-bond acceptors (Lipinski definition) is 3. The lowest BCUT2D eigenvalue weighted by Crippen LogP contribution is -1.98. The second-order valence-electron chi connectivity index (χ2n) is 4.66. The van der Waals surface area contributed by atoms with E-state index in [1.54, 1.807) is 0 Å². The minimum Gasteiger partial charge on any atom is -0.338 e. The van der Waals surface area contributed by atoms with E-state index in [1.165, 1.54) is 12.1 Å². The average Bonchev–Trinajstić information content (AvgIpc) is 2.91. The number of sulfone groups is 1. The van der Waals surface area contributed by atoms with E-state index in [1.807, 2.05) is 32.0 Å². The largest absolute Gasteiger partial charge is 0.338 e. The van der Waals surface area contributed by atoms with Crippen LogP contribution in [0.5, 0.6) is 0 Å². The maximum atomic E-state index is 14.1. The number of nitrogens with one attached hydrogen (secondary N) is 1. The molecule has 2 aromatic carbocycles. The minimum atomic E-state index is -3.43. The predicted octanol–water partition coefficient (Wildman–Crippen LogP) is 4.56. The summed E-state index contributed by atoms with van der Waals surface area (Å²) in [6.07, 6.45) is 1.04. The number of aromatic nitrogens is 2. The monoisotopic (exact) mass is 398 g/mol. The molecule has 0 amide bonds. The molecule has 23 heavy (non-hydrogen) atoms. The summed E-state index contributed by atoms with van der Waals surface area (Å²) in [6, 6.07) is 9.29. The highest BCUT2D eigenvalue weighted by atomic mass is 79.9. The molecule has 1 heterocycles. The highest BCUT2D eigenvalue weighted by molar-refractivity contribution is 9.10. The van der Waals surface area contributed by atoms with Crippen molar-refractivity contribution in [3.05, 3.63) is 46.7 Å². The van der Waals surface area contributed by atoms with Gasteiger partial charge in [-0.05, 0) is 36.4 Å². The van der Waals surface area contributed by atoms with E-state index >= 15 is 0 Å². The Morgan fingerprint density at radius 2 is 1.83 bits per heavy atom. The topological polar surface area (TPSA) is 62.8 Å². The maximum absolute atomic E-state index is 14.1. The number of rotatable bonds is 2. The third-order valence-electron chi connectivity index (χ3n) is 3.07. The van der Waals surface area contributed by atoms with Gasteiger partial charge in [-0.1, -0.05) is 29.8 Å². The molecular weight excluding hydrogens is 383 g/mol. The van der Waals surface area contributed by atoms with Crippen molar-refractivity contribution in [1.82, 2.24) is 9.97 Å². The first kappa shape index (κ1) is 17.6. The van der Waals surface area contributed by atoms with E-state index in [-0.39, 0.29) is 10.5 Å². The molecule has 4 nitrogen and oxygen atoms in total. The molecule has 122 valence electrons. The van der Waals surface area contributed by atoms with E-state index in [0.717, 1.165) is 22.3 Å². The van der Waals surface area contributed by atoms with Crippen LogP contribution in [0.1, 0.15) is 13.8 Å². The lowest BCUT2D eigenvalue weighted by atomic mass is 10.2. The standard InChI is InChI=1S/C14H10BrFN2O2S.C2H6/c1-21(19,20)9-3-4-10(11(16)7-9)14-17-12-5-2-8(15)6-13(12)18-14;1-2/h2-7H,1H3,(H,17,18);1-2H3. The Hall–Kier alpha value is -1.73. The number of benzene rings is 2. The molecule has 0 bridgehead atoms. The number of H-pyrrole nitrogens is 1. The molecule has 0 fully saturated rings. The van der Waals surface area contributed by atoms with Crippen LogP contribution in [0.25, 0.3) is 22.4 Å². The summed E-state index contributed by atoms with van der Waals surface area (Å²) < 4.78 is 37.9. The smallest absolute Gasteiger partial charge is 0.175 e. The summed E-state index contributed by atoms with van der Waals surface area (Å²) >= 11 is 3.36. The molecule has 0 atom stereocenters. The highest BCUT2D eigenvalue weighted by Gasteiger charge is 2.14. The number of nitrogens with zero attached hydrogens (tertiary/aromatic N) is 1. The lowest BCUT2D eigenvalue weighted by Gasteiger charge is -2.02. The van der Waals surface area contributed by atoms with Crippen molar-refractivity contribution in [2.24, 2.45) is 0 Å². The van der Waals surface area contributed by atoms with Gasteiger partial charge in [-0.2, -0.15) is 0 Å². The van der Waals surface area contributed by atoms with Crippen LogP contribution in [0.4, 0.5) is 4.39 Å².